The highest BCUT2D eigenvalue weighted by Crippen LogP contribution is 2.41. The van der Waals surface area contributed by atoms with Crippen molar-refractivity contribution in [2.45, 2.75) is 70.3 Å². The first-order valence-corrected chi connectivity index (χ1v) is 12.1. The molecule has 178 valence electrons. The second-order valence-corrected chi connectivity index (χ2v) is 9.38. The maximum atomic E-state index is 13.3. The minimum Gasteiger partial charge on any atom is -0.484 e. The average molecular weight is 455 g/mol. The van der Waals surface area contributed by atoms with E-state index in [4.69, 9.17) is 9.26 Å². The third kappa shape index (κ3) is 5.72. The Labute approximate surface area is 195 Å². The average Bonchev–Trinajstić information content (AvgIpc) is 3.47. The summed E-state index contributed by atoms with van der Waals surface area (Å²) in [5.41, 5.74) is 0. The number of nitrogens with one attached hydrogen (secondary N) is 1. The van der Waals surface area contributed by atoms with Crippen molar-refractivity contribution in [2.75, 3.05) is 19.7 Å². The fraction of sp³-hybridized carbons (Fsp3) is 0.600. The first kappa shape index (κ1) is 23.3. The van der Waals surface area contributed by atoms with Gasteiger partial charge in [-0.05, 0) is 37.8 Å². The quantitative estimate of drug-likeness (QED) is 0.741. The number of carbonyl (C=O) groups is 2. The van der Waals surface area contributed by atoms with E-state index in [0.29, 0.717) is 43.4 Å². The Hall–Kier alpha value is -2.90. The number of benzene rings is 1. The second-order valence-electron chi connectivity index (χ2n) is 9.38. The number of carbonyl (C=O) groups excluding carboxylic acids is 2. The van der Waals surface area contributed by atoms with Gasteiger partial charge >= 0.3 is 0 Å². The smallest absolute Gasteiger partial charge is 0.260 e. The largest absolute Gasteiger partial charge is 0.484 e. The molecule has 8 nitrogen and oxygen atoms in total. The summed E-state index contributed by atoms with van der Waals surface area (Å²) < 4.78 is 11.3. The molecule has 2 aromatic rings. The van der Waals surface area contributed by atoms with Crippen LogP contribution >= 0.6 is 0 Å². The lowest BCUT2D eigenvalue weighted by molar-refractivity contribution is -0.138. The van der Waals surface area contributed by atoms with E-state index in [1.54, 1.807) is 0 Å². The van der Waals surface area contributed by atoms with Gasteiger partial charge in [0.25, 0.3) is 5.91 Å². The van der Waals surface area contributed by atoms with E-state index in [1.165, 1.54) is 0 Å². The van der Waals surface area contributed by atoms with Gasteiger partial charge < -0.3 is 19.5 Å². The maximum absolute atomic E-state index is 13.3. The molecule has 2 fully saturated rings. The van der Waals surface area contributed by atoms with Crippen LogP contribution in [0, 0.1) is 5.92 Å². The monoisotopic (exact) mass is 454 g/mol. The Balaban J connectivity index is 1.54. The van der Waals surface area contributed by atoms with Crippen molar-refractivity contribution >= 4 is 11.8 Å². The third-order valence-corrected chi connectivity index (χ3v) is 6.64. The number of amides is 2. The normalized spacial score (nSPS) is 24.2. The van der Waals surface area contributed by atoms with E-state index in [0.717, 1.165) is 25.7 Å². The summed E-state index contributed by atoms with van der Waals surface area (Å²) in [6.07, 6.45) is 5.17. The van der Waals surface area contributed by atoms with Crippen LogP contribution < -0.4 is 10.1 Å². The first-order valence-electron chi connectivity index (χ1n) is 12.1. The summed E-state index contributed by atoms with van der Waals surface area (Å²) in [4.78, 5) is 32.9. The molecule has 3 atom stereocenters. The van der Waals surface area contributed by atoms with Crippen molar-refractivity contribution in [1.82, 2.24) is 20.4 Å². The van der Waals surface area contributed by atoms with Crippen molar-refractivity contribution in [3.63, 3.8) is 0 Å². The first-order chi connectivity index (χ1) is 16.0. The molecule has 33 heavy (non-hydrogen) atoms. The molecule has 1 saturated heterocycles. The van der Waals surface area contributed by atoms with Gasteiger partial charge in [0.15, 0.2) is 12.4 Å². The van der Waals surface area contributed by atoms with E-state index in [-0.39, 0.29) is 42.2 Å². The van der Waals surface area contributed by atoms with Gasteiger partial charge in [-0.2, -0.15) is 4.98 Å². The van der Waals surface area contributed by atoms with Gasteiger partial charge in [0.2, 0.25) is 11.8 Å². The molecule has 2 heterocycles. The molecule has 1 N–H and O–H groups in total. The van der Waals surface area contributed by atoms with Gasteiger partial charge in [-0.15, -0.1) is 0 Å². The van der Waals surface area contributed by atoms with Gasteiger partial charge in [-0.1, -0.05) is 50.0 Å². The van der Waals surface area contributed by atoms with Gasteiger partial charge in [-0.25, -0.2) is 0 Å². The van der Waals surface area contributed by atoms with Crippen molar-refractivity contribution in [3.05, 3.63) is 42.0 Å². The standard InChI is InChI=1S/C25H34N4O4/c1-17(2)23-27-25(33-28-23)18-14-20-21(15-18)29(13-9-4-3-8-12-26-24(20)31)22(30)16-32-19-10-6-5-7-11-19/h5-7,10-11,17-18,20-21H,3-4,8-9,12-16H2,1-2H3,(H,26,31). The lowest BCUT2D eigenvalue weighted by Gasteiger charge is -2.32. The summed E-state index contributed by atoms with van der Waals surface area (Å²) in [5.74, 6) is 1.65. The Morgan fingerprint density at radius 2 is 1.97 bits per heavy atom. The summed E-state index contributed by atoms with van der Waals surface area (Å²) in [7, 11) is 0. The fourth-order valence-corrected chi connectivity index (χ4v) is 4.81. The molecule has 4 rings (SSSR count). The van der Waals surface area contributed by atoms with Crippen LogP contribution in [0.5, 0.6) is 5.75 Å². The van der Waals surface area contributed by atoms with E-state index in [9.17, 15) is 9.59 Å². The topological polar surface area (TPSA) is 97.6 Å². The Morgan fingerprint density at radius 1 is 1.18 bits per heavy atom. The van der Waals surface area contributed by atoms with E-state index < -0.39 is 0 Å². The summed E-state index contributed by atoms with van der Waals surface area (Å²) in [6, 6.07) is 9.13. The number of aromatic nitrogens is 2. The third-order valence-electron chi connectivity index (χ3n) is 6.64. The highest BCUT2D eigenvalue weighted by atomic mass is 16.5. The molecule has 0 radical (unpaired) electrons. The lowest BCUT2D eigenvalue weighted by Crippen LogP contribution is -2.48. The van der Waals surface area contributed by atoms with Gasteiger partial charge in [0, 0.05) is 31.0 Å². The highest BCUT2D eigenvalue weighted by molar-refractivity contribution is 5.83. The number of rotatable bonds is 5. The zero-order chi connectivity index (χ0) is 23.2. The number of ether oxygens (including phenoxy) is 1. The molecule has 1 saturated carbocycles. The van der Waals surface area contributed by atoms with Crippen LogP contribution in [-0.4, -0.2) is 52.6 Å². The van der Waals surface area contributed by atoms with E-state index in [1.807, 2.05) is 49.1 Å². The highest BCUT2D eigenvalue weighted by Gasteiger charge is 2.45. The van der Waals surface area contributed by atoms with Gasteiger partial charge in [-0.3, -0.25) is 9.59 Å². The molecular formula is C25H34N4O4. The van der Waals surface area contributed by atoms with E-state index >= 15 is 0 Å². The van der Waals surface area contributed by atoms with Crippen LogP contribution in [0.2, 0.25) is 0 Å². The van der Waals surface area contributed by atoms with E-state index in [2.05, 4.69) is 15.5 Å². The number of hydrogen-bond donors (Lipinski definition) is 1. The van der Waals surface area contributed by atoms with Crippen LogP contribution in [0.4, 0.5) is 0 Å². The zero-order valence-electron chi connectivity index (χ0n) is 19.5. The van der Waals surface area contributed by atoms with Crippen molar-refractivity contribution in [3.8, 4) is 5.75 Å². The Kier molecular flexibility index (Phi) is 7.62. The molecule has 1 aliphatic carbocycles. The van der Waals surface area contributed by atoms with Crippen LogP contribution in [-0.2, 0) is 9.59 Å². The molecule has 0 spiro atoms. The number of nitrogens with zero attached hydrogens (tertiary/aromatic N) is 3. The van der Waals surface area contributed by atoms with Crippen LogP contribution in [0.15, 0.2) is 34.9 Å². The van der Waals surface area contributed by atoms with Gasteiger partial charge in [0.05, 0.1) is 5.92 Å². The summed E-state index contributed by atoms with van der Waals surface area (Å²) in [6.45, 7) is 5.30. The predicted octanol–water partition coefficient (Wildman–Crippen LogP) is 3.65. The molecule has 2 amide bonds. The Bertz CT molecular complexity index is 929. The summed E-state index contributed by atoms with van der Waals surface area (Å²) >= 11 is 0. The molecule has 8 heteroatoms. The molecule has 1 aromatic heterocycles. The van der Waals surface area contributed by atoms with Crippen molar-refractivity contribution in [2.24, 2.45) is 5.92 Å². The number of fused-ring (bicyclic) bond motifs is 1. The SMILES string of the molecule is CC(C)c1noc(C2CC3C(=O)NCCCCCCN(C(=O)COc4ccccc4)C3C2)n1. The van der Waals surface area contributed by atoms with Crippen molar-refractivity contribution < 1.29 is 18.8 Å². The lowest BCUT2D eigenvalue weighted by atomic mass is 10.00. The summed E-state index contributed by atoms with van der Waals surface area (Å²) in [5, 5.41) is 7.20. The maximum Gasteiger partial charge on any atom is 0.260 e. The van der Waals surface area contributed by atoms with Crippen LogP contribution in [0.25, 0.3) is 0 Å². The second kappa shape index (κ2) is 10.8. The van der Waals surface area contributed by atoms with Crippen molar-refractivity contribution in [1.29, 1.82) is 0 Å². The zero-order valence-corrected chi connectivity index (χ0v) is 19.5. The van der Waals surface area contributed by atoms with Crippen LogP contribution in [0.1, 0.15) is 75.9 Å². The number of hydrogen-bond acceptors (Lipinski definition) is 6. The molecule has 2 aliphatic rings. The molecule has 1 aliphatic heterocycles. The molecular weight excluding hydrogens is 420 g/mol. The number of para-hydroxylation sites is 1. The molecule has 0 bridgehead atoms. The minimum atomic E-state index is -0.303. The molecule has 1 aromatic carbocycles. The predicted molar refractivity (Wildman–Crippen MR) is 123 cm³/mol. The fourth-order valence-electron chi connectivity index (χ4n) is 4.81. The molecule has 3 unspecified atom stereocenters. The Morgan fingerprint density at radius 3 is 2.73 bits per heavy atom. The minimum absolute atomic E-state index is 0.00905. The van der Waals surface area contributed by atoms with Crippen LogP contribution in [0.3, 0.4) is 0 Å². The van der Waals surface area contributed by atoms with Gasteiger partial charge in [0.1, 0.15) is 5.75 Å².